The van der Waals surface area contributed by atoms with E-state index in [4.69, 9.17) is 5.11 Å². The van der Waals surface area contributed by atoms with Crippen LogP contribution < -0.4 is 5.32 Å². The predicted octanol–water partition coefficient (Wildman–Crippen LogP) is 2.37. The molecule has 0 saturated heterocycles. The molecule has 1 rings (SSSR count). The minimum Gasteiger partial charge on any atom is -0.392 e. The SMILES string of the molecule is CNCC[C@H]1CC[C@H](/C=C/CO)CC1.Cl. The molecule has 0 atom stereocenters. The van der Waals surface area contributed by atoms with Crippen LogP contribution in [0.5, 0.6) is 0 Å². The van der Waals surface area contributed by atoms with Gasteiger partial charge in [0.05, 0.1) is 6.61 Å². The highest BCUT2D eigenvalue weighted by atomic mass is 35.5. The second-order valence-corrected chi connectivity index (χ2v) is 4.28. The van der Waals surface area contributed by atoms with Gasteiger partial charge in [-0.25, -0.2) is 0 Å². The molecular weight excluding hydrogens is 210 g/mol. The van der Waals surface area contributed by atoms with Crippen molar-refractivity contribution in [2.75, 3.05) is 20.2 Å². The van der Waals surface area contributed by atoms with Gasteiger partial charge in [0.1, 0.15) is 0 Å². The van der Waals surface area contributed by atoms with Gasteiger partial charge in [-0.2, -0.15) is 0 Å². The van der Waals surface area contributed by atoms with Crippen molar-refractivity contribution in [3.8, 4) is 0 Å². The number of hydrogen-bond donors (Lipinski definition) is 2. The van der Waals surface area contributed by atoms with Gasteiger partial charge >= 0.3 is 0 Å². The number of aliphatic hydroxyl groups is 1. The van der Waals surface area contributed by atoms with Gasteiger partial charge in [-0.1, -0.05) is 12.2 Å². The molecule has 15 heavy (non-hydrogen) atoms. The summed E-state index contributed by atoms with van der Waals surface area (Å²) in [6.07, 6.45) is 10.7. The fourth-order valence-electron chi connectivity index (χ4n) is 2.27. The van der Waals surface area contributed by atoms with Crippen LogP contribution in [0, 0.1) is 11.8 Å². The van der Waals surface area contributed by atoms with Crippen molar-refractivity contribution in [3.63, 3.8) is 0 Å². The number of halogens is 1. The van der Waals surface area contributed by atoms with Crippen molar-refractivity contribution in [2.45, 2.75) is 32.1 Å². The highest BCUT2D eigenvalue weighted by Crippen LogP contribution is 2.31. The van der Waals surface area contributed by atoms with Crippen molar-refractivity contribution in [1.82, 2.24) is 5.32 Å². The van der Waals surface area contributed by atoms with Crippen molar-refractivity contribution in [3.05, 3.63) is 12.2 Å². The molecule has 2 nitrogen and oxygen atoms in total. The van der Waals surface area contributed by atoms with Crippen LogP contribution in [0.2, 0.25) is 0 Å². The summed E-state index contributed by atoms with van der Waals surface area (Å²) < 4.78 is 0. The number of rotatable bonds is 5. The maximum absolute atomic E-state index is 8.67. The Balaban J connectivity index is 0.00000196. The first-order valence-electron chi connectivity index (χ1n) is 5.79. The molecule has 0 amide bonds. The minimum absolute atomic E-state index is 0. The number of nitrogens with one attached hydrogen (secondary N) is 1. The third-order valence-electron chi connectivity index (χ3n) is 3.21. The lowest BCUT2D eigenvalue weighted by molar-refractivity contribution is 0.292. The van der Waals surface area contributed by atoms with Crippen LogP contribution in [-0.4, -0.2) is 25.3 Å². The maximum Gasteiger partial charge on any atom is 0.0612 e. The molecule has 0 bridgehead atoms. The zero-order valence-corrected chi connectivity index (χ0v) is 10.4. The molecule has 1 aliphatic carbocycles. The Morgan fingerprint density at radius 3 is 2.47 bits per heavy atom. The van der Waals surface area contributed by atoms with E-state index in [1.807, 2.05) is 13.1 Å². The fourth-order valence-corrected chi connectivity index (χ4v) is 2.27. The molecule has 0 unspecified atom stereocenters. The number of aliphatic hydroxyl groups excluding tert-OH is 1. The fraction of sp³-hybridized carbons (Fsp3) is 0.833. The Bertz CT molecular complexity index is 165. The van der Waals surface area contributed by atoms with E-state index in [-0.39, 0.29) is 19.0 Å². The third kappa shape index (κ3) is 6.18. The summed E-state index contributed by atoms with van der Waals surface area (Å²) in [6.45, 7) is 1.35. The maximum atomic E-state index is 8.67. The smallest absolute Gasteiger partial charge is 0.0612 e. The largest absolute Gasteiger partial charge is 0.392 e. The van der Waals surface area contributed by atoms with Gasteiger partial charge in [-0.05, 0) is 57.5 Å². The molecule has 2 N–H and O–H groups in total. The molecule has 1 aliphatic rings. The molecule has 0 aromatic heterocycles. The number of hydrogen-bond acceptors (Lipinski definition) is 2. The van der Waals surface area contributed by atoms with Crippen LogP contribution in [-0.2, 0) is 0 Å². The zero-order valence-electron chi connectivity index (χ0n) is 9.61. The summed E-state index contributed by atoms with van der Waals surface area (Å²) in [4.78, 5) is 0. The Morgan fingerprint density at radius 1 is 1.27 bits per heavy atom. The van der Waals surface area contributed by atoms with Crippen molar-refractivity contribution < 1.29 is 5.11 Å². The molecule has 0 heterocycles. The molecule has 0 aromatic rings. The standard InChI is InChI=1S/C12H23NO.ClH/c1-13-9-8-12-6-4-11(5-7-12)3-2-10-14;/h2-3,11-14H,4-10H2,1H3;1H/b3-2+;/t11-,12-;. The molecule has 1 saturated carbocycles. The van der Waals surface area contributed by atoms with Crippen LogP contribution in [0.4, 0.5) is 0 Å². The van der Waals surface area contributed by atoms with Crippen molar-refractivity contribution in [2.24, 2.45) is 11.8 Å². The highest BCUT2D eigenvalue weighted by molar-refractivity contribution is 5.85. The first-order valence-corrected chi connectivity index (χ1v) is 5.79. The lowest BCUT2D eigenvalue weighted by atomic mass is 9.80. The van der Waals surface area contributed by atoms with E-state index in [1.54, 1.807) is 0 Å². The lowest BCUT2D eigenvalue weighted by Gasteiger charge is -2.26. The summed E-state index contributed by atoms with van der Waals surface area (Å²) >= 11 is 0. The zero-order chi connectivity index (χ0) is 10.2. The highest BCUT2D eigenvalue weighted by Gasteiger charge is 2.18. The van der Waals surface area contributed by atoms with Gasteiger partial charge in [-0.15, -0.1) is 12.4 Å². The van der Waals surface area contributed by atoms with Gasteiger partial charge in [-0.3, -0.25) is 0 Å². The van der Waals surface area contributed by atoms with Gasteiger partial charge in [0.25, 0.3) is 0 Å². The second kappa shape index (κ2) is 9.20. The molecule has 0 aliphatic heterocycles. The van der Waals surface area contributed by atoms with Crippen LogP contribution in [0.1, 0.15) is 32.1 Å². The molecule has 0 spiro atoms. The molecule has 0 aromatic carbocycles. The van der Waals surface area contributed by atoms with Crippen LogP contribution in [0.25, 0.3) is 0 Å². The first-order chi connectivity index (χ1) is 6.86. The second-order valence-electron chi connectivity index (χ2n) is 4.28. The van der Waals surface area contributed by atoms with E-state index in [1.165, 1.54) is 32.1 Å². The van der Waals surface area contributed by atoms with Gasteiger partial charge < -0.3 is 10.4 Å². The van der Waals surface area contributed by atoms with Crippen LogP contribution >= 0.6 is 12.4 Å². The van der Waals surface area contributed by atoms with E-state index in [0.717, 1.165) is 18.4 Å². The quantitative estimate of drug-likeness (QED) is 0.715. The Morgan fingerprint density at radius 2 is 1.93 bits per heavy atom. The average molecular weight is 234 g/mol. The van der Waals surface area contributed by atoms with Crippen molar-refractivity contribution >= 4 is 12.4 Å². The van der Waals surface area contributed by atoms with E-state index in [9.17, 15) is 0 Å². The Kier molecular flexibility index (Phi) is 9.17. The topological polar surface area (TPSA) is 32.3 Å². The first kappa shape index (κ1) is 14.9. The summed E-state index contributed by atoms with van der Waals surface area (Å²) in [5.41, 5.74) is 0. The van der Waals surface area contributed by atoms with E-state index >= 15 is 0 Å². The molecular formula is C12H24ClNO. The molecule has 1 fully saturated rings. The molecule has 3 heteroatoms. The summed E-state index contributed by atoms with van der Waals surface area (Å²) in [5, 5.41) is 11.9. The normalized spacial score (nSPS) is 26.5. The average Bonchev–Trinajstić information content (AvgIpc) is 2.25. The Labute approximate surface area is 99.6 Å². The van der Waals surface area contributed by atoms with Gasteiger partial charge in [0.2, 0.25) is 0 Å². The number of allylic oxidation sites excluding steroid dienone is 1. The van der Waals surface area contributed by atoms with E-state index in [0.29, 0.717) is 0 Å². The van der Waals surface area contributed by atoms with Crippen LogP contribution in [0.3, 0.4) is 0 Å². The monoisotopic (exact) mass is 233 g/mol. The van der Waals surface area contributed by atoms with Crippen molar-refractivity contribution in [1.29, 1.82) is 0 Å². The van der Waals surface area contributed by atoms with Gasteiger partial charge in [0.15, 0.2) is 0 Å². The van der Waals surface area contributed by atoms with Gasteiger partial charge in [0, 0.05) is 0 Å². The molecule has 0 radical (unpaired) electrons. The van der Waals surface area contributed by atoms with E-state index in [2.05, 4.69) is 11.4 Å². The Hall–Kier alpha value is -0.0500. The minimum atomic E-state index is 0. The lowest BCUT2D eigenvalue weighted by Crippen LogP contribution is -2.18. The van der Waals surface area contributed by atoms with Crippen LogP contribution in [0.15, 0.2) is 12.2 Å². The summed E-state index contributed by atoms with van der Waals surface area (Å²) in [6, 6.07) is 0. The van der Waals surface area contributed by atoms with E-state index < -0.39 is 0 Å². The summed E-state index contributed by atoms with van der Waals surface area (Å²) in [5.74, 6) is 1.66. The third-order valence-corrected chi connectivity index (χ3v) is 3.21. The summed E-state index contributed by atoms with van der Waals surface area (Å²) in [7, 11) is 2.02. The molecule has 90 valence electrons. The predicted molar refractivity (Wildman–Crippen MR) is 67.5 cm³/mol.